The molecule has 0 aliphatic carbocycles. The molecular formula is C28H27ClN6O3. The fourth-order valence-electron chi connectivity index (χ4n) is 4.59. The molecule has 2 amide bonds. The summed E-state index contributed by atoms with van der Waals surface area (Å²) in [5.74, 6) is 1.63. The smallest absolute Gasteiger partial charge is 0.246 e. The van der Waals surface area contributed by atoms with E-state index < -0.39 is 0 Å². The van der Waals surface area contributed by atoms with Crippen molar-refractivity contribution in [3.05, 3.63) is 73.6 Å². The Balaban J connectivity index is 1.55. The van der Waals surface area contributed by atoms with Crippen molar-refractivity contribution in [2.75, 3.05) is 24.3 Å². The van der Waals surface area contributed by atoms with Gasteiger partial charge in [0.2, 0.25) is 11.8 Å². The summed E-state index contributed by atoms with van der Waals surface area (Å²) in [6, 6.07) is 17.0. The van der Waals surface area contributed by atoms with E-state index in [0.717, 1.165) is 24.2 Å². The first kappa shape index (κ1) is 25.4. The topological polar surface area (TPSA) is 102 Å². The molecule has 38 heavy (non-hydrogen) atoms. The van der Waals surface area contributed by atoms with Gasteiger partial charge in [-0.1, -0.05) is 24.8 Å². The molecule has 10 heteroatoms. The van der Waals surface area contributed by atoms with Gasteiger partial charge < -0.3 is 15.0 Å². The summed E-state index contributed by atoms with van der Waals surface area (Å²) in [7, 11) is 0. The molecule has 1 N–H and O–H groups in total. The lowest BCUT2D eigenvalue weighted by Crippen LogP contribution is -2.40. The molecule has 3 heterocycles. The number of nitrogens with one attached hydrogen (secondary N) is 1. The van der Waals surface area contributed by atoms with Crippen molar-refractivity contribution in [3.8, 4) is 22.8 Å². The minimum atomic E-state index is -0.245. The van der Waals surface area contributed by atoms with Crippen LogP contribution in [0, 0.1) is 0 Å². The van der Waals surface area contributed by atoms with Crippen molar-refractivity contribution in [1.29, 1.82) is 0 Å². The molecule has 1 aliphatic rings. The summed E-state index contributed by atoms with van der Waals surface area (Å²) < 4.78 is 7.79. The number of likely N-dealkylation sites (tertiary alicyclic amines) is 1. The van der Waals surface area contributed by atoms with Crippen molar-refractivity contribution in [1.82, 2.24) is 24.6 Å². The van der Waals surface area contributed by atoms with Crippen LogP contribution in [-0.2, 0) is 9.59 Å². The number of nitrogens with zero attached hydrogens (tertiary/aromatic N) is 5. The van der Waals surface area contributed by atoms with Crippen molar-refractivity contribution >= 4 is 40.3 Å². The van der Waals surface area contributed by atoms with Crippen LogP contribution in [0.5, 0.6) is 11.5 Å². The molecule has 0 unspecified atom stereocenters. The molecule has 194 valence electrons. The third kappa shape index (κ3) is 5.38. The van der Waals surface area contributed by atoms with E-state index in [-0.39, 0.29) is 30.2 Å². The Morgan fingerprint density at radius 1 is 1.11 bits per heavy atom. The highest BCUT2D eigenvalue weighted by atomic mass is 35.5. The second-order valence-corrected chi connectivity index (χ2v) is 9.30. The average Bonchev–Trinajstić information content (AvgIpc) is 3.34. The van der Waals surface area contributed by atoms with Gasteiger partial charge in [-0.2, -0.15) is 5.10 Å². The van der Waals surface area contributed by atoms with Crippen molar-refractivity contribution in [2.45, 2.75) is 25.3 Å². The molecule has 2 aromatic heterocycles. The SMILES string of the molecule is C=CC(=O)N1CCC[C@@H](n2nc(-c3ccc(Oc4ccccc4)cc3)c3c(NC(=O)CCCl)ncnc32)C1. The predicted molar refractivity (Wildman–Crippen MR) is 146 cm³/mol. The van der Waals surface area contributed by atoms with E-state index >= 15 is 0 Å². The van der Waals surface area contributed by atoms with Gasteiger partial charge in [-0.3, -0.25) is 9.59 Å². The molecule has 0 radical (unpaired) electrons. The molecule has 4 aromatic rings. The first-order valence-corrected chi connectivity index (χ1v) is 12.9. The van der Waals surface area contributed by atoms with Gasteiger partial charge in [0, 0.05) is 31.0 Å². The number of benzene rings is 2. The molecule has 0 saturated carbocycles. The van der Waals surface area contributed by atoms with Gasteiger partial charge in [-0.15, -0.1) is 11.6 Å². The number of alkyl halides is 1. The molecule has 2 aromatic carbocycles. The number of carbonyl (C=O) groups excluding carboxylic acids is 2. The summed E-state index contributed by atoms with van der Waals surface area (Å²) in [6.07, 6.45) is 4.56. The lowest BCUT2D eigenvalue weighted by Gasteiger charge is -2.32. The average molecular weight is 531 g/mol. The Morgan fingerprint density at radius 2 is 1.87 bits per heavy atom. The van der Waals surface area contributed by atoms with Crippen LogP contribution in [0.25, 0.3) is 22.3 Å². The van der Waals surface area contributed by atoms with Crippen LogP contribution in [0.2, 0.25) is 0 Å². The highest BCUT2D eigenvalue weighted by Gasteiger charge is 2.28. The van der Waals surface area contributed by atoms with E-state index in [2.05, 4.69) is 21.9 Å². The van der Waals surface area contributed by atoms with Crippen LogP contribution in [0.1, 0.15) is 25.3 Å². The molecule has 0 bridgehead atoms. The maximum Gasteiger partial charge on any atom is 0.246 e. The molecule has 1 saturated heterocycles. The second-order valence-electron chi connectivity index (χ2n) is 8.93. The maximum atomic E-state index is 12.4. The second kappa shape index (κ2) is 11.4. The van der Waals surface area contributed by atoms with E-state index in [9.17, 15) is 9.59 Å². The van der Waals surface area contributed by atoms with Gasteiger partial charge in [-0.25, -0.2) is 14.6 Å². The number of fused-ring (bicyclic) bond motifs is 1. The molecule has 9 nitrogen and oxygen atoms in total. The normalized spacial score (nSPS) is 15.3. The van der Waals surface area contributed by atoms with Gasteiger partial charge in [0.1, 0.15) is 29.3 Å². The molecule has 0 spiro atoms. The number of hydrogen-bond donors (Lipinski definition) is 1. The Hall–Kier alpha value is -4.24. The number of rotatable bonds is 8. The predicted octanol–water partition coefficient (Wildman–Crippen LogP) is 5.20. The summed E-state index contributed by atoms with van der Waals surface area (Å²) in [5, 5.41) is 8.45. The van der Waals surface area contributed by atoms with Gasteiger partial charge in [0.25, 0.3) is 0 Å². The Labute approximate surface area is 225 Å². The molecule has 1 aliphatic heterocycles. The molecule has 5 rings (SSSR count). The fourth-order valence-corrected chi connectivity index (χ4v) is 4.77. The minimum absolute atomic E-state index is 0.0918. The quantitative estimate of drug-likeness (QED) is 0.248. The van der Waals surface area contributed by atoms with E-state index in [4.69, 9.17) is 21.4 Å². The van der Waals surface area contributed by atoms with Crippen molar-refractivity contribution in [2.24, 2.45) is 0 Å². The number of halogens is 1. The number of ether oxygens (including phenoxy) is 1. The van der Waals surface area contributed by atoms with Crippen LogP contribution in [0.15, 0.2) is 73.6 Å². The summed E-state index contributed by atoms with van der Waals surface area (Å²) in [5.41, 5.74) is 2.02. The largest absolute Gasteiger partial charge is 0.457 e. The fraction of sp³-hybridized carbons (Fsp3) is 0.250. The van der Waals surface area contributed by atoms with Crippen LogP contribution >= 0.6 is 11.6 Å². The molecular weight excluding hydrogens is 504 g/mol. The molecule has 1 atom stereocenters. The zero-order valence-corrected chi connectivity index (χ0v) is 21.5. The van der Waals surface area contributed by atoms with Crippen molar-refractivity contribution < 1.29 is 14.3 Å². The minimum Gasteiger partial charge on any atom is -0.457 e. The number of amides is 2. The van der Waals surface area contributed by atoms with E-state index in [0.29, 0.717) is 41.4 Å². The highest BCUT2D eigenvalue weighted by molar-refractivity contribution is 6.19. The number of para-hydroxylation sites is 1. The van der Waals surface area contributed by atoms with Gasteiger partial charge >= 0.3 is 0 Å². The van der Waals surface area contributed by atoms with E-state index in [1.807, 2.05) is 59.3 Å². The number of anilines is 1. The summed E-state index contributed by atoms with van der Waals surface area (Å²) >= 11 is 5.78. The molecule has 1 fully saturated rings. The standard InChI is InChI=1S/C28H27ClN6O3/c1-2-24(37)34-16-6-7-20(17-34)35-28-25(27(30-18-31-28)32-23(36)14-15-29)26(33-35)19-10-12-22(13-11-19)38-21-8-4-3-5-9-21/h2-5,8-13,18,20H,1,6-7,14-17H2,(H,30,31,32,36)/t20-/m1/s1. The zero-order valence-electron chi connectivity index (χ0n) is 20.7. The van der Waals surface area contributed by atoms with Gasteiger partial charge in [-0.05, 0) is 55.3 Å². The first-order valence-electron chi connectivity index (χ1n) is 12.4. The maximum absolute atomic E-state index is 12.4. The van der Waals surface area contributed by atoms with Gasteiger partial charge in [0.15, 0.2) is 5.65 Å². The van der Waals surface area contributed by atoms with Crippen molar-refractivity contribution in [3.63, 3.8) is 0 Å². The van der Waals surface area contributed by atoms with Crippen LogP contribution in [-0.4, -0.2) is 55.4 Å². The summed E-state index contributed by atoms with van der Waals surface area (Å²) in [4.78, 5) is 35.4. The Bertz CT molecular complexity index is 1450. The van der Waals surface area contributed by atoms with Crippen LogP contribution < -0.4 is 10.1 Å². The van der Waals surface area contributed by atoms with Gasteiger partial charge in [0.05, 0.1) is 11.4 Å². The third-order valence-corrected chi connectivity index (χ3v) is 6.59. The number of piperidine rings is 1. The van der Waals surface area contributed by atoms with Crippen LogP contribution in [0.3, 0.4) is 0 Å². The Kier molecular flexibility index (Phi) is 7.65. The summed E-state index contributed by atoms with van der Waals surface area (Å²) in [6.45, 7) is 4.78. The Morgan fingerprint density at radius 3 is 2.61 bits per heavy atom. The lowest BCUT2D eigenvalue weighted by molar-refractivity contribution is -0.127. The van der Waals surface area contributed by atoms with Crippen LogP contribution in [0.4, 0.5) is 5.82 Å². The number of hydrogen-bond acceptors (Lipinski definition) is 6. The first-order chi connectivity index (χ1) is 18.6. The zero-order chi connectivity index (χ0) is 26.5. The highest BCUT2D eigenvalue weighted by Crippen LogP contribution is 2.36. The lowest BCUT2D eigenvalue weighted by atomic mass is 10.1. The van der Waals surface area contributed by atoms with E-state index in [1.165, 1.54) is 12.4 Å². The number of carbonyl (C=O) groups is 2. The number of aromatic nitrogens is 4. The van der Waals surface area contributed by atoms with E-state index in [1.54, 1.807) is 4.90 Å². The monoisotopic (exact) mass is 530 g/mol. The third-order valence-electron chi connectivity index (χ3n) is 6.40.